The van der Waals surface area contributed by atoms with Gasteiger partial charge < -0.3 is 19.4 Å². The number of nitrogens with zero attached hydrogens (tertiary/aromatic N) is 7. The van der Waals surface area contributed by atoms with E-state index in [0.717, 1.165) is 76.5 Å². The number of aromatic nitrogens is 4. The van der Waals surface area contributed by atoms with Crippen LogP contribution in [-0.2, 0) is 27.3 Å². The first-order valence-electron chi connectivity index (χ1n) is 14.3. The minimum absolute atomic E-state index is 0.00836. The van der Waals surface area contributed by atoms with Crippen LogP contribution in [0.3, 0.4) is 0 Å². The molecule has 0 bridgehead atoms. The minimum atomic E-state index is 0.00836. The largest absolute Gasteiger partial charge is 0.378 e. The summed E-state index contributed by atoms with van der Waals surface area (Å²) in [4.78, 5) is 47.7. The number of hydrogen-bond donors (Lipinski definition) is 0. The number of rotatable bonds is 6. The van der Waals surface area contributed by atoms with Crippen LogP contribution in [0.1, 0.15) is 36.9 Å². The van der Waals surface area contributed by atoms with E-state index in [0.29, 0.717) is 38.8 Å². The van der Waals surface area contributed by atoms with E-state index in [1.54, 1.807) is 16.2 Å². The standard InChI is InChI=1S/C29H33N7O3S/c1-2-24-30-21-8-3-4-9-23(21)36(24)29-31-22-16-20(40-26(22)27(32-29)33-12-14-39-15-13-33)17-34-10-11-35(18-25(34)37)28(38)19-6-5-7-19/h3-4,8-9,16,19H,2,5-7,10-15,17-18H2,1H3. The number of benzene rings is 1. The first-order valence-corrected chi connectivity index (χ1v) is 15.1. The van der Waals surface area contributed by atoms with Crippen LogP contribution in [0.15, 0.2) is 30.3 Å². The Bertz CT molecular complexity index is 1590. The van der Waals surface area contributed by atoms with Crippen molar-refractivity contribution in [3.05, 3.63) is 41.0 Å². The number of para-hydroxylation sites is 2. The fraction of sp³-hybridized carbons (Fsp3) is 0.483. The molecule has 2 aliphatic heterocycles. The molecule has 40 heavy (non-hydrogen) atoms. The zero-order valence-corrected chi connectivity index (χ0v) is 23.5. The minimum Gasteiger partial charge on any atom is -0.378 e. The fourth-order valence-electron chi connectivity index (χ4n) is 5.82. The lowest BCUT2D eigenvalue weighted by molar-refractivity contribution is -0.149. The second kappa shape index (κ2) is 10.4. The lowest BCUT2D eigenvalue weighted by Gasteiger charge is -2.37. The van der Waals surface area contributed by atoms with Gasteiger partial charge in [0, 0.05) is 43.4 Å². The van der Waals surface area contributed by atoms with Gasteiger partial charge in [-0.15, -0.1) is 11.3 Å². The summed E-state index contributed by atoms with van der Waals surface area (Å²) < 4.78 is 8.72. The number of hydrogen-bond acceptors (Lipinski definition) is 8. The summed E-state index contributed by atoms with van der Waals surface area (Å²) in [5.41, 5.74) is 2.79. The van der Waals surface area contributed by atoms with Gasteiger partial charge in [-0.25, -0.2) is 9.97 Å². The number of morpholine rings is 1. The van der Waals surface area contributed by atoms with Crippen LogP contribution in [0.25, 0.3) is 27.2 Å². The summed E-state index contributed by atoms with van der Waals surface area (Å²) in [5.74, 6) is 2.72. The Labute approximate surface area is 236 Å². The average molecular weight is 560 g/mol. The van der Waals surface area contributed by atoms with Crippen LogP contribution in [0.4, 0.5) is 5.82 Å². The Hall–Kier alpha value is -3.57. The number of aryl methyl sites for hydroxylation is 1. The molecule has 2 amide bonds. The van der Waals surface area contributed by atoms with Crippen LogP contribution in [0.2, 0.25) is 0 Å². The van der Waals surface area contributed by atoms with Crippen molar-refractivity contribution >= 4 is 50.2 Å². The third-order valence-electron chi connectivity index (χ3n) is 8.28. The highest BCUT2D eigenvalue weighted by molar-refractivity contribution is 7.19. The molecule has 3 fully saturated rings. The van der Waals surface area contributed by atoms with Gasteiger partial charge in [0.05, 0.1) is 47.6 Å². The van der Waals surface area contributed by atoms with Crippen molar-refractivity contribution in [3.63, 3.8) is 0 Å². The van der Waals surface area contributed by atoms with E-state index in [1.165, 1.54) is 0 Å². The molecule has 0 spiro atoms. The molecule has 0 N–H and O–H groups in total. The van der Waals surface area contributed by atoms with Gasteiger partial charge in [-0.3, -0.25) is 14.2 Å². The lowest BCUT2D eigenvalue weighted by atomic mass is 9.84. The smallest absolute Gasteiger partial charge is 0.242 e. The normalized spacial score (nSPS) is 18.6. The van der Waals surface area contributed by atoms with E-state index >= 15 is 0 Å². The van der Waals surface area contributed by atoms with Crippen molar-refractivity contribution < 1.29 is 14.3 Å². The van der Waals surface area contributed by atoms with E-state index in [4.69, 9.17) is 19.7 Å². The molecule has 5 heterocycles. The maximum Gasteiger partial charge on any atom is 0.242 e. The second-order valence-electron chi connectivity index (χ2n) is 10.8. The Morgan fingerprint density at radius 1 is 1.05 bits per heavy atom. The van der Waals surface area contributed by atoms with Gasteiger partial charge in [-0.05, 0) is 31.0 Å². The third kappa shape index (κ3) is 4.50. The monoisotopic (exact) mass is 559 g/mol. The molecule has 4 aromatic rings. The summed E-state index contributed by atoms with van der Waals surface area (Å²) in [6.07, 6.45) is 3.79. The van der Waals surface area contributed by atoms with E-state index < -0.39 is 0 Å². The summed E-state index contributed by atoms with van der Waals surface area (Å²) >= 11 is 1.65. The molecule has 11 heteroatoms. The van der Waals surface area contributed by atoms with Gasteiger partial charge in [0.1, 0.15) is 5.82 Å². The van der Waals surface area contributed by atoms with Crippen molar-refractivity contribution in [1.29, 1.82) is 0 Å². The molecule has 208 valence electrons. The number of carbonyl (C=O) groups is 2. The van der Waals surface area contributed by atoms with E-state index in [9.17, 15) is 9.59 Å². The first kappa shape index (κ1) is 25.4. The Kier molecular flexibility index (Phi) is 6.63. The van der Waals surface area contributed by atoms with Gasteiger partial charge in [0.25, 0.3) is 0 Å². The van der Waals surface area contributed by atoms with Crippen molar-refractivity contribution in [3.8, 4) is 5.95 Å². The van der Waals surface area contributed by atoms with E-state index in [2.05, 4.69) is 28.5 Å². The van der Waals surface area contributed by atoms with Gasteiger partial charge in [-0.2, -0.15) is 4.98 Å². The number of amides is 2. The predicted molar refractivity (Wildman–Crippen MR) is 154 cm³/mol. The molecular weight excluding hydrogens is 526 g/mol. The molecule has 0 radical (unpaired) electrons. The SMILES string of the molecule is CCc1nc2ccccc2n1-c1nc(N2CCOCC2)c2sc(CN3CCN(C(=O)C4CCC4)CC3=O)cc2n1. The lowest BCUT2D eigenvalue weighted by Crippen LogP contribution is -2.53. The molecule has 1 aromatic carbocycles. The highest BCUT2D eigenvalue weighted by atomic mass is 32.1. The molecule has 10 nitrogen and oxygen atoms in total. The molecule has 7 rings (SSSR count). The van der Waals surface area contributed by atoms with Crippen molar-refractivity contribution in [2.75, 3.05) is 50.8 Å². The van der Waals surface area contributed by atoms with Crippen molar-refractivity contribution in [1.82, 2.24) is 29.3 Å². The van der Waals surface area contributed by atoms with E-state index in [1.807, 2.05) is 23.1 Å². The molecule has 3 aromatic heterocycles. The van der Waals surface area contributed by atoms with Crippen LogP contribution in [-0.4, -0.2) is 87.1 Å². The zero-order chi connectivity index (χ0) is 27.2. The van der Waals surface area contributed by atoms with Crippen LogP contribution < -0.4 is 4.90 Å². The molecule has 2 saturated heterocycles. The Morgan fingerprint density at radius 2 is 1.88 bits per heavy atom. The van der Waals surface area contributed by atoms with Crippen LogP contribution in [0, 0.1) is 5.92 Å². The first-order chi connectivity index (χ1) is 19.6. The number of carbonyl (C=O) groups excluding carboxylic acids is 2. The van der Waals surface area contributed by atoms with Gasteiger partial charge in [0.2, 0.25) is 17.8 Å². The number of imidazole rings is 1. The average Bonchev–Trinajstić information content (AvgIpc) is 3.53. The summed E-state index contributed by atoms with van der Waals surface area (Å²) in [7, 11) is 0. The number of thiophene rings is 1. The molecule has 1 saturated carbocycles. The Morgan fingerprint density at radius 3 is 2.62 bits per heavy atom. The maximum absolute atomic E-state index is 13.1. The quantitative estimate of drug-likeness (QED) is 0.357. The summed E-state index contributed by atoms with van der Waals surface area (Å²) in [6, 6.07) is 10.2. The summed E-state index contributed by atoms with van der Waals surface area (Å²) in [5, 5.41) is 0. The third-order valence-corrected chi connectivity index (χ3v) is 9.39. The fourth-order valence-corrected chi connectivity index (χ4v) is 6.95. The second-order valence-corrected chi connectivity index (χ2v) is 11.9. The molecule has 0 unspecified atom stereocenters. The number of fused-ring (bicyclic) bond motifs is 2. The number of anilines is 1. The zero-order valence-electron chi connectivity index (χ0n) is 22.7. The predicted octanol–water partition coefficient (Wildman–Crippen LogP) is 3.40. The van der Waals surface area contributed by atoms with Crippen LogP contribution in [0.5, 0.6) is 0 Å². The van der Waals surface area contributed by atoms with Gasteiger partial charge in [-0.1, -0.05) is 25.5 Å². The highest BCUT2D eigenvalue weighted by Crippen LogP contribution is 2.35. The molecule has 1 aliphatic carbocycles. The number of ether oxygens (including phenoxy) is 1. The number of piperazine rings is 1. The maximum atomic E-state index is 13.1. The molecule has 0 atom stereocenters. The van der Waals surface area contributed by atoms with Crippen molar-refractivity contribution in [2.24, 2.45) is 5.92 Å². The van der Waals surface area contributed by atoms with Crippen molar-refractivity contribution in [2.45, 2.75) is 39.2 Å². The summed E-state index contributed by atoms with van der Waals surface area (Å²) in [6.45, 7) is 6.78. The van der Waals surface area contributed by atoms with Gasteiger partial charge in [0.15, 0.2) is 5.82 Å². The molecular formula is C29H33N7O3S. The Balaban J connectivity index is 1.22. The van der Waals surface area contributed by atoms with E-state index in [-0.39, 0.29) is 24.3 Å². The highest BCUT2D eigenvalue weighted by Gasteiger charge is 2.34. The van der Waals surface area contributed by atoms with Gasteiger partial charge >= 0.3 is 0 Å². The molecule has 3 aliphatic rings. The van der Waals surface area contributed by atoms with Crippen LogP contribution >= 0.6 is 11.3 Å². The topological polar surface area (TPSA) is 96.7 Å².